The van der Waals surface area contributed by atoms with Crippen LogP contribution in [-0.4, -0.2) is 5.11 Å². The van der Waals surface area contributed by atoms with Crippen LogP contribution in [0.4, 0.5) is 5.69 Å². The Morgan fingerprint density at radius 1 is 1.75 bits per heavy atom. The van der Waals surface area contributed by atoms with Gasteiger partial charge >= 0.3 is 0 Å². The molecule has 0 bridgehead atoms. The predicted molar refractivity (Wildman–Crippen MR) is 46.0 cm³/mol. The van der Waals surface area contributed by atoms with Gasteiger partial charge in [0.25, 0.3) is 0 Å². The Bertz CT molecular complexity index is 373. The molecule has 0 saturated carbocycles. The molecule has 0 aliphatic heterocycles. The molecule has 0 amide bonds. The molecule has 3 heteroatoms. The van der Waals surface area contributed by atoms with Gasteiger partial charge in [-0.15, -0.1) is 0 Å². The van der Waals surface area contributed by atoms with Gasteiger partial charge in [-0.3, -0.25) is 0 Å². The first-order chi connectivity index (χ1) is 6.47. The minimum atomic E-state index is -2.30. The minimum absolute atomic E-state index is 0.302. The van der Waals surface area contributed by atoms with Gasteiger partial charge < -0.3 is 10.8 Å². The third-order valence-electron chi connectivity index (χ3n) is 1.43. The van der Waals surface area contributed by atoms with Crippen molar-refractivity contribution in [3.8, 4) is 6.07 Å². The smallest absolute Gasteiger partial charge is 0.0920 e. The number of benzene rings is 1. The summed E-state index contributed by atoms with van der Waals surface area (Å²) in [6, 6.07) is 7.59. The van der Waals surface area contributed by atoms with Crippen LogP contribution >= 0.6 is 0 Å². The molecule has 0 spiro atoms. The molecule has 0 aromatic heterocycles. The van der Waals surface area contributed by atoms with Gasteiger partial charge in [0.15, 0.2) is 0 Å². The highest BCUT2D eigenvalue weighted by atomic mass is 16.3. The SMILES string of the molecule is [2H]C([2H])(C#N)C(O)c1cccc(N)c1. The molecule has 12 heavy (non-hydrogen) atoms. The average molecular weight is 164 g/mol. The number of aliphatic hydroxyl groups excluding tert-OH is 1. The van der Waals surface area contributed by atoms with Gasteiger partial charge in [-0.2, -0.15) is 5.26 Å². The first kappa shape index (κ1) is 6.04. The fourth-order valence-electron chi connectivity index (χ4n) is 0.874. The summed E-state index contributed by atoms with van der Waals surface area (Å²) in [6.45, 7) is 0. The Morgan fingerprint density at radius 2 is 2.50 bits per heavy atom. The topological polar surface area (TPSA) is 70.0 Å². The number of nitriles is 1. The van der Waals surface area contributed by atoms with E-state index in [1.165, 1.54) is 18.2 Å². The van der Waals surface area contributed by atoms with E-state index < -0.39 is 12.5 Å². The van der Waals surface area contributed by atoms with Gasteiger partial charge in [0.2, 0.25) is 0 Å². The summed E-state index contributed by atoms with van der Waals surface area (Å²) in [6.07, 6.45) is -3.77. The van der Waals surface area contributed by atoms with Crippen LogP contribution in [0.15, 0.2) is 24.3 Å². The third-order valence-corrected chi connectivity index (χ3v) is 1.43. The maximum Gasteiger partial charge on any atom is 0.0920 e. The van der Waals surface area contributed by atoms with Crippen LogP contribution in [0.3, 0.4) is 0 Å². The lowest BCUT2D eigenvalue weighted by Gasteiger charge is -2.06. The monoisotopic (exact) mass is 164 g/mol. The molecule has 0 radical (unpaired) electrons. The second-order valence-corrected chi connectivity index (χ2v) is 2.33. The number of nitrogens with zero attached hydrogens (tertiary/aromatic N) is 1. The minimum Gasteiger partial charge on any atom is -0.399 e. The second-order valence-electron chi connectivity index (χ2n) is 2.33. The lowest BCUT2D eigenvalue weighted by Crippen LogP contribution is -1.96. The van der Waals surface area contributed by atoms with Crippen molar-refractivity contribution in [3.05, 3.63) is 29.8 Å². The van der Waals surface area contributed by atoms with Crippen molar-refractivity contribution in [3.63, 3.8) is 0 Å². The Kier molecular flexibility index (Phi) is 1.88. The third kappa shape index (κ3) is 1.97. The largest absolute Gasteiger partial charge is 0.399 e. The summed E-state index contributed by atoms with van der Waals surface area (Å²) in [5, 5.41) is 18.0. The Balaban J connectivity index is 3.02. The van der Waals surface area contributed by atoms with Crippen LogP contribution < -0.4 is 5.73 Å². The normalized spacial score (nSPS) is 15.7. The van der Waals surface area contributed by atoms with Crippen LogP contribution in [-0.2, 0) is 0 Å². The van der Waals surface area contributed by atoms with E-state index in [1.54, 1.807) is 12.1 Å². The Labute approximate surface area is 73.9 Å². The van der Waals surface area contributed by atoms with E-state index in [0.29, 0.717) is 11.3 Å². The van der Waals surface area contributed by atoms with Crippen molar-refractivity contribution >= 4 is 5.69 Å². The molecule has 1 unspecified atom stereocenters. The number of nitrogens with two attached hydrogens (primary N) is 1. The summed E-state index contributed by atoms with van der Waals surface area (Å²) in [5.41, 5.74) is 6.19. The van der Waals surface area contributed by atoms with Crippen molar-refractivity contribution < 1.29 is 7.85 Å². The molecule has 0 aliphatic rings. The zero-order valence-electron chi connectivity index (χ0n) is 8.36. The number of rotatable bonds is 2. The molecule has 0 fully saturated rings. The molecule has 62 valence electrons. The van der Waals surface area contributed by atoms with Crippen molar-refractivity contribution in [2.24, 2.45) is 0 Å². The van der Waals surface area contributed by atoms with E-state index in [0.717, 1.165) is 0 Å². The second kappa shape index (κ2) is 3.74. The van der Waals surface area contributed by atoms with E-state index in [2.05, 4.69) is 0 Å². The summed E-state index contributed by atoms with van der Waals surface area (Å²) in [4.78, 5) is 0. The van der Waals surface area contributed by atoms with Gasteiger partial charge in [0.05, 0.1) is 18.5 Å². The average Bonchev–Trinajstić information content (AvgIpc) is 2.16. The molecule has 3 nitrogen and oxygen atoms in total. The van der Waals surface area contributed by atoms with E-state index in [1.807, 2.05) is 0 Å². The first-order valence-electron chi connectivity index (χ1n) is 4.42. The highest BCUT2D eigenvalue weighted by Crippen LogP contribution is 2.17. The van der Waals surface area contributed by atoms with E-state index >= 15 is 0 Å². The van der Waals surface area contributed by atoms with Crippen LogP contribution in [0.25, 0.3) is 0 Å². The number of hydrogen-bond donors (Lipinski definition) is 2. The quantitative estimate of drug-likeness (QED) is 0.645. The standard InChI is InChI=1S/C9H10N2O/c10-5-4-9(12)7-2-1-3-8(11)6-7/h1-3,6,9,12H,4,11H2/i4D2. The highest BCUT2D eigenvalue weighted by molar-refractivity contribution is 5.41. The molecule has 0 saturated heterocycles. The molecule has 1 aromatic carbocycles. The van der Waals surface area contributed by atoms with E-state index in [4.69, 9.17) is 13.7 Å². The first-order valence-corrected chi connectivity index (χ1v) is 3.42. The number of hydrogen-bond acceptors (Lipinski definition) is 3. The number of aliphatic hydroxyl groups is 1. The lowest BCUT2D eigenvalue weighted by atomic mass is 10.1. The van der Waals surface area contributed by atoms with Crippen LogP contribution in [0.2, 0.25) is 0 Å². The summed E-state index contributed by atoms with van der Waals surface area (Å²) >= 11 is 0. The van der Waals surface area contributed by atoms with Gasteiger partial charge in [0, 0.05) is 8.43 Å². The molecular weight excluding hydrogens is 152 g/mol. The molecule has 3 N–H and O–H groups in total. The number of anilines is 1. The highest BCUT2D eigenvalue weighted by Gasteiger charge is 2.05. The Morgan fingerprint density at radius 3 is 3.08 bits per heavy atom. The molecule has 1 aromatic rings. The van der Waals surface area contributed by atoms with E-state index in [-0.39, 0.29) is 0 Å². The van der Waals surface area contributed by atoms with Gasteiger partial charge in [0.1, 0.15) is 0 Å². The Hall–Kier alpha value is -1.53. The number of nitrogen functional groups attached to an aromatic ring is 1. The predicted octanol–water partition coefficient (Wildman–Crippen LogP) is 1.22. The van der Waals surface area contributed by atoms with Crippen LogP contribution in [0.5, 0.6) is 0 Å². The lowest BCUT2D eigenvalue weighted by molar-refractivity contribution is 0.183. The summed E-state index contributed by atoms with van der Waals surface area (Å²) in [7, 11) is 0. The van der Waals surface area contributed by atoms with Crippen LogP contribution in [0.1, 0.15) is 20.8 Å². The molecule has 0 aliphatic carbocycles. The van der Waals surface area contributed by atoms with Crippen molar-refractivity contribution in [2.75, 3.05) is 5.73 Å². The fourth-order valence-corrected chi connectivity index (χ4v) is 0.874. The molecule has 0 heterocycles. The summed E-state index contributed by atoms with van der Waals surface area (Å²) < 4.78 is 14.4. The summed E-state index contributed by atoms with van der Waals surface area (Å²) in [5.74, 6) is 0. The van der Waals surface area contributed by atoms with Crippen molar-refractivity contribution in [2.45, 2.75) is 12.5 Å². The molecule has 1 rings (SSSR count). The zero-order chi connectivity index (χ0) is 10.8. The molecular formula is C9H10N2O. The van der Waals surface area contributed by atoms with Gasteiger partial charge in [-0.25, -0.2) is 0 Å². The van der Waals surface area contributed by atoms with Crippen LogP contribution in [0, 0.1) is 11.3 Å². The molecule has 1 atom stereocenters. The zero-order valence-corrected chi connectivity index (χ0v) is 6.36. The van der Waals surface area contributed by atoms with Gasteiger partial charge in [-0.1, -0.05) is 12.1 Å². The maximum absolute atomic E-state index is 9.52. The van der Waals surface area contributed by atoms with Crippen molar-refractivity contribution in [1.82, 2.24) is 0 Å². The van der Waals surface area contributed by atoms with Crippen molar-refractivity contribution in [1.29, 1.82) is 5.26 Å². The van der Waals surface area contributed by atoms with Gasteiger partial charge in [-0.05, 0) is 17.7 Å². The fraction of sp³-hybridized carbons (Fsp3) is 0.222. The van der Waals surface area contributed by atoms with E-state index in [9.17, 15) is 5.11 Å². The maximum atomic E-state index is 9.52.